The van der Waals surface area contributed by atoms with E-state index in [9.17, 15) is 9.90 Å². The molecule has 4 heteroatoms. The molecule has 1 N–H and O–H groups in total. The maximum absolute atomic E-state index is 12.1. The van der Waals surface area contributed by atoms with Crippen molar-refractivity contribution in [2.24, 2.45) is 5.92 Å². The molecule has 1 heterocycles. The first-order valence-electron chi connectivity index (χ1n) is 7.96. The second-order valence-electron chi connectivity index (χ2n) is 5.84. The Bertz CT molecular complexity index is 693. The van der Waals surface area contributed by atoms with Gasteiger partial charge in [0.15, 0.2) is 6.29 Å². The number of rotatable bonds is 5. The van der Waals surface area contributed by atoms with Crippen molar-refractivity contribution < 1.29 is 19.4 Å². The molecule has 24 heavy (non-hydrogen) atoms. The van der Waals surface area contributed by atoms with E-state index in [0.29, 0.717) is 12.0 Å². The first-order valence-corrected chi connectivity index (χ1v) is 7.96. The number of carbonyl (C=O) groups is 1. The summed E-state index contributed by atoms with van der Waals surface area (Å²) in [5, 5.41) is 9.78. The number of hydrogen-bond acceptors (Lipinski definition) is 4. The summed E-state index contributed by atoms with van der Waals surface area (Å²) in [6.07, 6.45) is 1.15. The van der Waals surface area contributed by atoms with Gasteiger partial charge in [-0.1, -0.05) is 48.5 Å². The second kappa shape index (κ2) is 7.43. The first kappa shape index (κ1) is 16.4. The topological polar surface area (TPSA) is 55.8 Å². The highest BCUT2D eigenvalue weighted by Crippen LogP contribution is 2.26. The predicted molar refractivity (Wildman–Crippen MR) is 91.3 cm³/mol. The van der Waals surface area contributed by atoms with Crippen LogP contribution in [0.3, 0.4) is 0 Å². The van der Waals surface area contributed by atoms with E-state index < -0.39 is 12.3 Å². The Hall–Kier alpha value is -2.43. The zero-order valence-corrected chi connectivity index (χ0v) is 13.3. The molecule has 0 spiro atoms. The first-order chi connectivity index (χ1) is 11.7. The van der Waals surface area contributed by atoms with Gasteiger partial charge in [-0.25, -0.2) is 4.79 Å². The molecule has 0 radical (unpaired) electrons. The molecule has 2 unspecified atom stereocenters. The lowest BCUT2D eigenvalue weighted by atomic mass is 10.0. The molecule has 2 aromatic rings. The van der Waals surface area contributed by atoms with Crippen molar-refractivity contribution in [3.63, 3.8) is 0 Å². The zero-order valence-electron chi connectivity index (χ0n) is 13.3. The van der Waals surface area contributed by atoms with E-state index in [-0.39, 0.29) is 18.6 Å². The van der Waals surface area contributed by atoms with E-state index in [4.69, 9.17) is 9.47 Å². The van der Waals surface area contributed by atoms with E-state index in [1.165, 1.54) is 0 Å². The zero-order chi connectivity index (χ0) is 16.9. The number of benzene rings is 2. The number of aliphatic hydroxyl groups excluding tert-OH is 1. The molecule has 0 aromatic heterocycles. The van der Waals surface area contributed by atoms with Crippen LogP contribution in [-0.2, 0) is 9.47 Å². The summed E-state index contributed by atoms with van der Waals surface area (Å²) < 4.78 is 10.6. The number of aliphatic hydroxyl groups is 1. The van der Waals surface area contributed by atoms with Gasteiger partial charge in [0, 0.05) is 5.92 Å². The minimum absolute atomic E-state index is 0.130. The molecule has 4 nitrogen and oxygen atoms in total. The van der Waals surface area contributed by atoms with Crippen molar-refractivity contribution in [2.75, 3.05) is 6.61 Å². The van der Waals surface area contributed by atoms with Gasteiger partial charge in [0.05, 0.1) is 18.3 Å². The van der Waals surface area contributed by atoms with Crippen molar-refractivity contribution in [3.05, 3.63) is 72.8 Å². The molecule has 1 fully saturated rings. The van der Waals surface area contributed by atoms with Crippen molar-refractivity contribution >= 4 is 5.97 Å². The summed E-state index contributed by atoms with van der Waals surface area (Å²) >= 11 is 0. The fraction of sp³-hybridized carbons (Fsp3) is 0.250. The lowest BCUT2D eigenvalue weighted by Crippen LogP contribution is -2.22. The van der Waals surface area contributed by atoms with Gasteiger partial charge in [0.25, 0.3) is 0 Å². The summed E-state index contributed by atoms with van der Waals surface area (Å²) in [4.78, 5) is 12.1. The highest BCUT2D eigenvalue weighted by molar-refractivity contribution is 5.90. The van der Waals surface area contributed by atoms with Crippen LogP contribution < -0.4 is 0 Å². The van der Waals surface area contributed by atoms with Gasteiger partial charge in [-0.3, -0.25) is 0 Å². The Labute approximate surface area is 141 Å². The van der Waals surface area contributed by atoms with Crippen molar-refractivity contribution in [3.8, 4) is 11.1 Å². The molecular weight excluding hydrogens is 304 g/mol. The minimum atomic E-state index is -0.916. The molecule has 3 rings (SSSR count). The van der Waals surface area contributed by atoms with Crippen LogP contribution in [0, 0.1) is 5.92 Å². The molecular formula is C20H20O4. The lowest BCUT2D eigenvalue weighted by Gasteiger charge is -2.13. The summed E-state index contributed by atoms with van der Waals surface area (Å²) in [5.74, 6) is -0.621. The molecule has 0 aliphatic carbocycles. The average molecular weight is 324 g/mol. The third kappa shape index (κ3) is 3.72. The Morgan fingerprint density at radius 3 is 2.46 bits per heavy atom. The highest BCUT2D eigenvalue weighted by atomic mass is 16.6. The van der Waals surface area contributed by atoms with Gasteiger partial charge < -0.3 is 14.6 Å². The Balaban J connectivity index is 1.59. The van der Waals surface area contributed by atoms with Crippen molar-refractivity contribution in [1.82, 2.24) is 0 Å². The number of carbonyl (C=O) groups excluding carboxylic acids is 1. The predicted octanol–water partition coefficient (Wildman–Crippen LogP) is 3.42. The summed E-state index contributed by atoms with van der Waals surface area (Å²) in [5.41, 5.74) is 2.63. The van der Waals surface area contributed by atoms with Crippen LogP contribution in [0.15, 0.2) is 67.3 Å². The van der Waals surface area contributed by atoms with Gasteiger partial charge in [-0.15, -0.1) is 6.58 Å². The fourth-order valence-electron chi connectivity index (χ4n) is 2.76. The van der Waals surface area contributed by atoms with Crippen LogP contribution in [0.25, 0.3) is 11.1 Å². The van der Waals surface area contributed by atoms with E-state index in [0.717, 1.165) is 11.1 Å². The standard InChI is InChI=1S/C20H20O4/c1-2-18-12-17(20(22)24-18)13-23-19(21)16-10-8-15(9-11-16)14-6-4-3-5-7-14/h2-11,17-18,20,22H,1,12-13H2/t17?,18-,20?/m1/s1. The third-order valence-electron chi connectivity index (χ3n) is 4.17. The van der Waals surface area contributed by atoms with Crippen LogP contribution in [0.4, 0.5) is 0 Å². The minimum Gasteiger partial charge on any atom is -0.462 e. The largest absolute Gasteiger partial charge is 0.462 e. The van der Waals surface area contributed by atoms with Gasteiger partial charge in [-0.2, -0.15) is 0 Å². The Morgan fingerprint density at radius 2 is 1.83 bits per heavy atom. The molecule has 3 atom stereocenters. The molecule has 0 bridgehead atoms. The average Bonchev–Trinajstić information content (AvgIpc) is 3.00. The van der Waals surface area contributed by atoms with Crippen LogP contribution in [0.5, 0.6) is 0 Å². The molecule has 2 aromatic carbocycles. The Kier molecular flexibility index (Phi) is 5.08. The van der Waals surface area contributed by atoms with Crippen LogP contribution >= 0.6 is 0 Å². The highest BCUT2D eigenvalue weighted by Gasteiger charge is 2.33. The number of hydrogen-bond donors (Lipinski definition) is 1. The lowest BCUT2D eigenvalue weighted by molar-refractivity contribution is -0.105. The molecule has 124 valence electrons. The molecule has 0 saturated carbocycles. The van der Waals surface area contributed by atoms with Crippen LogP contribution in [0.1, 0.15) is 16.8 Å². The quantitative estimate of drug-likeness (QED) is 0.676. The van der Waals surface area contributed by atoms with Crippen LogP contribution in [-0.4, -0.2) is 30.1 Å². The van der Waals surface area contributed by atoms with E-state index in [2.05, 4.69) is 6.58 Å². The monoisotopic (exact) mass is 324 g/mol. The smallest absolute Gasteiger partial charge is 0.338 e. The maximum atomic E-state index is 12.1. The van der Waals surface area contributed by atoms with E-state index in [1.807, 2.05) is 42.5 Å². The maximum Gasteiger partial charge on any atom is 0.338 e. The molecule has 1 saturated heterocycles. The third-order valence-corrected chi connectivity index (χ3v) is 4.17. The van der Waals surface area contributed by atoms with Crippen LogP contribution in [0.2, 0.25) is 0 Å². The van der Waals surface area contributed by atoms with E-state index in [1.54, 1.807) is 18.2 Å². The fourth-order valence-corrected chi connectivity index (χ4v) is 2.76. The van der Waals surface area contributed by atoms with E-state index >= 15 is 0 Å². The van der Waals surface area contributed by atoms with Gasteiger partial charge in [0.2, 0.25) is 0 Å². The summed E-state index contributed by atoms with van der Waals surface area (Å²) in [7, 11) is 0. The Morgan fingerprint density at radius 1 is 1.17 bits per heavy atom. The number of ether oxygens (including phenoxy) is 2. The van der Waals surface area contributed by atoms with Gasteiger partial charge >= 0.3 is 5.97 Å². The summed E-state index contributed by atoms with van der Waals surface area (Å²) in [6, 6.07) is 17.2. The van der Waals surface area contributed by atoms with Crippen molar-refractivity contribution in [2.45, 2.75) is 18.8 Å². The molecule has 1 aliphatic rings. The SMILES string of the molecule is C=C[C@@H]1CC(COC(=O)c2ccc(-c3ccccc3)cc2)C(O)O1. The number of esters is 1. The molecule has 0 amide bonds. The molecule has 1 aliphatic heterocycles. The normalized spacial score (nSPS) is 23.0. The second-order valence-corrected chi connectivity index (χ2v) is 5.84. The van der Waals surface area contributed by atoms with Gasteiger partial charge in [0.1, 0.15) is 0 Å². The van der Waals surface area contributed by atoms with Crippen molar-refractivity contribution in [1.29, 1.82) is 0 Å². The van der Waals surface area contributed by atoms with Gasteiger partial charge in [-0.05, 0) is 29.7 Å². The summed E-state index contributed by atoms with van der Waals surface area (Å²) in [6.45, 7) is 3.77.